The third kappa shape index (κ3) is 8.86. The molecule has 0 heterocycles. The zero-order valence-electron chi connectivity index (χ0n) is 26.4. The molecule has 4 atom stereocenters. The van der Waals surface area contributed by atoms with Crippen molar-refractivity contribution in [1.82, 2.24) is 10.6 Å². The lowest BCUT2D eigenvalue weighted by atomic mass is 9.64. The van der Waals surface area contributed by atoms with Crippen LogP contribution in [0.5, 0.6) is 0 Å². The number of nitrogens with one attached hydrogen (secondary N) is 2. The van der Waals surface area contributed by atoms with Gasteiger partial charge in [0.15, 0.2) is 11.6 Å². The fourth-order valence-corrected chi connectivity index (χ4v) is 7.18. The van der Waals surface area contributed by atoms with Crippen LogP contribution in [0.2, 0.25) is 0 Å². The molecule has 2 aromatic carbocycles. The number of hydrogen-bond donors (Lipinski definition) is 2. The Kier molecular flexibility index (Phi) is 11.7. The summed E-state index contributed by atoms with van der Waals surface area (Å²) in [6.45, 7) is 13.1. The van der Waals surface area contributed by atoms with Crippen molar-refractivity contribution >= 4 is 23.4 Å². The number of hydrogen-bond acceptors (Lipinski definition) is 4. The molecule has 2 fully saturated rings. The lowest BCUT2D eigenvalue weighted by Gasteiger charge is -2.41. The molecule has 0 radical (unpaired) electrons. The van der Waals surface area contributed by atoms with Crippen LogP contribution in [0.1, 0.15) is 101 Å². The van der Waals surface area contributed by atoms with Crippen molar-refractivity contribution in [2.24, 2.45) is 34.5 Å². The van der Waals surface area contributed by atoms with Crippen LogP contribution in [-0.4, -0.2) is 36.5 Å². The molecule has 2 saturated carbocycles. The number of Topliss-reactive ketones (excluding diaryl/α,β-unsaturated/α-hetero) is 2. The molecule has 228 valence electrons. The van der Waals surface area contributed by atoms with Crippen LogP contribution < -0.4 is 10.6 Å². The normalized spacial score (nSPS) is 24.3. The van der Waals surface area contributed by atoms with Crippen molar-refractivity contribution in [3.05, 3.63) is 71.8 Å². The molecule has 2 aliphatic rings. The maximum Gasteiger partial charge on any atom is 0.224 e. The Morgan fingerprint density at radius 2 is 0.952 bits per heavy atom. The molecule has 0 bridgehead atoms. The number of rotatable bonds is 8. The van der Waals surface area contributed by atoms with Crippen molar-refractivity contribution in [3.8, 4) is 0 Å². The monoisotopic (exact) mass is 574 g/mol. The molecule has 2 aliphatic carbocycles. The van der Waals surface area contributed by atoms with E-state index in [0.29, 0.717) is 23.0 Å². The minimum absolute atomic E-state index is 0.00479. The molecule has 0 spiro atoms. The standard InChI is InChI=1S/2C18H25NO2/c2*1-13-8-7-11-18(2,3)16(13)17(21)19-12-15(20)14-9-5-4-6-10-14/h2*4-6,9-10,13,16H,7-8,11-12H2,1-3H3,(H,19,21)/t13-,16?;13-,16+/m00/s1. The molecule has 0 aliphatic heterocycles. The summed E-state index contributed by atoms with van der Waals surface area (Å²) in [7, 11) is 0. The number of carbonyl (C=O) groups is 4. The van der Waals surface area contributed by atoms with Crippen molar-refractivity contribution < 1.29 is 19.2 Å². The number of ketones is 2. The van der Waals surface area contributed by atoms with Crippen LogP contribution in [0.3, 0.4) is 0 Å². The van der Waals surface area contributed by atoms with Crippen LogP contribution in [0.25, 0.3) is 0 Å². The van der Waals surface area contributed by atoms with Crippen molar-refractivity contribution in [2.75, 3.05) is 13.1 Å². The first-order valence-corrected chi connectivity index (χ1v) is 15.6. The Balaban J connectivity index is 0.000000230. The van der Waals surface area contributed by atoms with Crippen LogP contribution in [0, 0.1) is 34.5 Å². The molecule has 4 rings (SSSR count). The quantitative estimate of drug-likeness (QED) is 0.336. The van der Waals surface area contributed by atoms with Gasteiger partial charge in [-0.05, 0) is 48.3 Å². The molecule has 2 N–H and O–H groups in total. The highest BCUT2D eigenvalue weighted by Crippen LogP contribution is 2.44. The van der Waals surface area contributed by atoms with E-state index in [1.165, 1.54) is 12.8 Å². The van der Waals surface area contributed by atoms with Gasteiger partial charge >= 0.3 is 0 Å². The van der Waals surface area contributed by atoms with E-state index in [1.54, 1.807) is 24.3 Å². The highest BCUT2D eigenvalue weighted by Gasteiger charge is 2.42. The number of amides is 2. The first-order chi connectivity index (χ1) is 19.8. The van der Waals surface area contributed by atoms with E-state index in [4.69, 9.17) is 0 Å². The van der Waals surface area contributed by atoms with E-state index in [2.05, 4.69) is 52.2 Å². The first kappa shape index (κ1) is 33.2. The van der Waals surface area contributed by atoms with Gasteiger partial charge in [-0.3, -0.25) is 19.2 Å². The predicted octanol–water partition coefficient (Wildman–Crippen LogP) is 6.90. The molecule has 2 aromatic rings. The van der Waals surface area contributed by atoms with Gasteiger partial charge in [-0.2, -0.15) is 0 Å². The molecule has 6 heteroatoms. The zero-order valence-corrected chi connectivity index (χ0v) is 26.4. The molecule has 0 aromatic heterocycles. The summed E-state index contributed by atoms with van der Waals surface area (Å²) in [5, 5.41) is 5.70. The van der Waals surface area contributed by atoms with Gasteiger partial charge in [-0.25, -0.2) is 0 Å². The predicted molar refractivity (Wildman–Crippen MR) is 168 cm³/mol. The number of carbonyl (C=O) groups excluding carboxylic acids is 4. The van der Waals surface area contributed by atoms with Crippen molar-refractivity contribution in [3.63, 3.8) is 0 Å². The van der Waals surface area contributed by atoms with Gasteiger partial charge in [0.05, 0.1) is 13.1 Å². The largest absolute Gasteiger partial charge is 0.348 e. The van der Waals surface area contributed by atoms with E-state index in [9.17, 15) is 19.2 Å². The lowest BCUT2D eigenvalue weighted by molar-refractivity contribution is -0.133. The second-order valence-electron chi connectivity index (χ2n) is 13.7. The Bertz CT molecular complexity index is 1110. The molecule has 0 saturated heterocycles. The molecular formula is C36H50N2O4. The van der Waals surface area contributed by atoms with E-state index >= 15 is 0 Å². The SMILES string of the molecule is C[C@H]1CCCC(C)(C)C1C(=O)NCC(=O)c1ccccc1.C[C@H]1CCCC(C)(C)[C@H]1C(=O)NCC(=O)c1ccccc1. The Morgan fingerprint density at radius 1 is 0.619 bits per heavy atom. The molecule has 42 heavy (non-hydrogen) atoms. The van der Waals surface area contributed by atoms with Gasteiger partial charge in [-0.1, -0.05) is 115 Å². The Labute approximate surface area is 252 Å². The van der Waals surface area contributed by atoms with Gasteiger partial charge in [0.25, 0.3) is 0 Å². The topological polar surface area (TPSA) is 92.3 Å². The fourth-order valence-electron chi connectivity index (χ4n) is 7.18. The summed E-state index contributed by atoms with van der Waals surface area (Å²) in [5.41, 5.74) is 1.32. The molecule has 6 nitrogen and oxygen atoms in total. The second-order valence-corrected chi connectivity index (χ2v) is 13.7. The first-order valence-electron chi connectivity index (χ1n) is 15.6. The Hall–Kier alpha value is -3.28. The van der Waals surface area contributed by atoms with Gasteiger partial charge in [0.1, 0.15) is 0 Å². The van der Waals surface area contributed by atoms with Gasteiger partial charge < -0.3 is 10.6 Å². The number of benzene rings is 2. The molecule has 1 unspecified atom stereocenters. The smallest absolute Gasteiger partial charge is 0.224 e. The van der Waals surface area contributed by atoms with Gasteiger partial charge in [0, 0.05) is 23.0 Å². The highest BCUT2D eigenvalue weighted by atomic mass is 16.2. The lowest BCUT2D eigenvalue weighted by Crippen LogP contribution is -2.46. The molecule has 2 amide bonds. The van der Waals surface area contributed by atoms with E-state index in [1.807, 2.05) is 36.4 Å². The zero-order chi connectivity index (χ0) is 30.9. The van der Waals surface area contributed by atoms with E-state index in [-0.39, 0.29) is 59.1 Å². The van der Waals surface area contributed by atoms with Crippen LogP contribution >= 0.6 is 0 Å². The summed E-state index contributed by atoms with van der Waals surface area (Å²) < 4.78 is 0. The fraction of sp³-hybridized carbons (Fsp3) is 0.556. The van der Waals surface area contributed by atoms with E-state index < -0.39 is 0 Å². The van der Waals surface area contributed by atoms with Gasteiger partial charge in [-0.15, -0.1) is 0 Å². The van der Waals surface area contributed by atoms with Crippen LogP contribution in [-0.2, 0) is 9.59 Å². The molecular weight excluding hydrogens is 524 g/mol. The third-order valence-electron chi connectivity index (χ3n) is 9.39. The maximum absolute atomic E-state index is 12.5. The summed E-state index contributed by atoms with van der Waals surface area (Å²) in [4.78, 5) is 49.1. The van der Waals surface area contributed by atoms with Crippen LogP contribution in [0.4, 0.5) is 0 Å². The average molecular weight is 575 g/mol. The third-order valence-corrected chi connectivity index (χ3v) is 9.39. The van der Waals surface area contributed by atoms with E-state index in [0.717, 1.165) is 25.7 Å². The van der Waals surface area contributed by atoms with Crippen molar-refractivity contribution in [2.45, 2.75) is 80.1 Å². The minimum atomic E-state index is -0.0368. The summed E-state index contributed by atoms with van der Waals surface area (Å²) in [6, 6.07) is 18.2. The maximum atomic E-state index is 12.5. The van der Waals surface area contributed by atoms with Crippen LogP contribution in [0.15, 0.2) is 60.7 Å². The average Bonchev–Trinajstić information content (AvgIpc) is 2.95. The Morgan fingerprint density at radius 3 is 1.26 bits per heavy atom. The highest BCUT2D eigenvalue weighted by molar-refractivity contribution is 6.00. The summed E-state index contributed by atoms with van der Waals surface area (Å²) in [6.07, 6.45) is 6.69. The van der Waals surface area contributed by atoms with Crippen molar-refractivity contribution in [1.29, 1.82) is 0 Å². The van der Waals surface area contributed by atoms with Gasteiger partial charge in [0.2, 0.25) is 11.8 Å². The minimum Gasteiger partial charge on any atom is -0.348 e. The second kappa shape index (κ2) is 14.8. The summed E-state index contributed by atoms with van der Waals surface area (Å²) in [5.74, 6) is 0.717. The summed E-state index contributed by atoms with van der Waals surface area (Å²) >= 11 is 0.